The van der Waals surface area contributed by atoms with E-state index in [1.54, 1.807) is 30.3 Å². The molecule has 0 aliphatic heterocycles. The molecule has 26 heavy (non-hydrogen) atoms. The summed E-state index contributed by atoms with van der Waals surface area (Å²) < 4.78 is 5.39. The fraction of sp³-hybridized carbons (Fsp3) is 0.263. The fourth-order valence-electron chi connectivity index (χ4n) is 2.33. The quantitative estimate of drug-likeness (QED) is 0.752. The Morgan fingerprint density at radius 3 is 2.42 bits per heavy atom. The monoisotopic (exact) mass is 392 g/mol. The lowest BCUT2D eigenvalue weighted by atomic mass is 10.1. The number of hydrogen-bond donors (Lipinski definition) is 2. The van der Waals surface area contributed by atoms with E-state index in [0.29, 0.717) is 33.9 Å². The summed E-state index contributed by atoms with van der Waals surface area (Å²) in [5.41, 5.74) is 1.53. The van der Waals surface area contributed by atoms with Crippen molar-refractivity contribution in [1.29, 1.82) is 0 Å². The molecule has 0 unspecified atom stereocenters. The van der Waals surface area contributed by atoms with Crippen molar-refractivity contribution in [3.8, 4) is 5.75 Å². The molecule has 7 heteroatoms. The Morgan fingerprint density at radius 2 is 1.77 bits per heavy atom. The third kappa shape index (κ3) is 5.64. The molecule has 2 N–H and O–H groups in total. The molecule has 136 valence electrons. The highest BCUT2D eigenvalue weighted by atomic mass is 35.5. The molecule has 1 fully saturated rings. The van der Waals surface area contributed by atoms with Crippen molar-refractivity contribution in [2.75, 3.05) is 11.9 Å². The zero-order valence-electron chi connectivity index (χ0n) is 13.9. The predicted molar refractivity (Wildman–Crippen MR) is 102 cm³/mol. The minimum absolute atomic E-state index is 0.0255. The molecule has 0 aromatic heterocycles. The Hall–Kier alpha value is -2.24. The second-order valence-electron chi connectivity index (χ2n) is 6.13. The van der Waals surface area contributed by atoms with E-state index in [-0.39, 0.29) is 18.4 Å². The maximum Gasteiger partial charge on any atom is 0.262 e. The summed E-state index contributed by atoms with van der Waals surface area (Å²) in [5, 5.41) is 6.52. The van der Waals surface area contributed by atoms with Gasteiger partial charge in [0.05, 0.1) is 11.4 Å². The molecule has 1 saturated carbocycles. The van der Waals surface area contributed by atoms with Gasteiger partial charge in [-0.05, 0) is 48.7 Å². The molecular weight excluding hydrogens is 375 g/mol. The number of nitrogens with one attached hydrogen (secondary N) is 2. The van der Waals surface area contributed by atoms with Crippen molar-refractivity contribution >= 4 is 40.7 Å². The molecule has 1 aliphatic carbocycles. The van der Waals surface area contributed by atoms with Crippen molar-refractivity contribution in [2.45, 2.75) is 25.3 Å². The van der Waals surface area contributed by atoms with Crippen molar-refractivity contribution in [3.05, 3.63) is 58.1 Å². The van der Waals surface area contributed by atoms with Gasteiger partial charge < -0.3 is 15.4 Å². The number of hydrogen-bond acceptors (Lipinski definition) is 3. The van der Waals surface area contributed by atoms with E-state index in [0.717, 1.165) is 18.4 Å². The van der Waals surface area contributed by atoms with Crippen LogP contribution >= 0.6 is 23.2 Å². The van der Waals surface area contributed by atoms with Gasteiger partial charge in [0, 0.05) is 16.8 Å². The van der Waals surface area contributed by atoms with Crippen LogP contribution in [0, 0.1) is 0 Å². The first-order valence-electron chi connectivity index (χ1n) is 8.25. The summed E-state index contributed by atoms with van der Waals surface area (Å²) >= 11 is 11.8. The van der Waals surface area contributed by atoms with Gasteiger partial charge in [0.25, 0.3) is 5.91 Å². The lowest BCUT2D eigenvalue weighted by Gasteiger charge is -2.09. The summed E-state index contributed by atoms with van der Waals surface area (Å²) in [4.78, 5) is 23.8. The predicted octanol–water partition coefficient (Wildman–Crippen LogP) is 3.83. The molecule has 3 rings (SSSR count). The standard InChI is InChI=1S/C19H18Cl2N2O3/c20-13-3-8-17(16(21)10-13)26-11-19(25)23-14-4-1-12(2-5-14)9-18(24)22-15-6-7-15/h1-5,8,10,15H,6-7,9,11H2,(H,22,24)(H,23,25). The van der Waals surface area contributed by atoms with Crippen LogP contribution in [0.2, 0.25) is 10.0 Å². The highest BCUT2D eigenvalue weighted by Gasteiger charge is 2.23. The van der Waals surface area contributed by atoms with E-state index in [1.807, 2.05) is 12.1 Å². The summed E-state index contributed by atoms with van der Waals surface area (Å²) in [5.74, 6) is 0.107. The summed E-state index contributed by atoms with van der Waals surface area (Å²) in [6.07, 6.45) is 2.48. The minimum atomic E-state index is -0.310. The number of rotatable bonds is 7. The molecule has 5 nitrogen and oxygen atoms in total. The van der Waals surface area contributed by atoms with Crippen LogP contribution in [0.15, 0.2) is 42.5 Å². The average molecular weight is 393 g/mol. The summed E-state index contributed by atoms with van der Waals surface area (Å²) in [6.45, 7) is -0.174. The van der Waals surface area contributed by atoms with Crippen LogP contribution in [0.25, 0.3) is 0 Å². The third-order valence-electron chi connectivity index (χ3n) is 3.80. The van der Waals surface area contributed by atoms with Crippen molar-refractivity contribution < 1.29 is 14.3 Å². The van der Waals surface area contributed by atoms with Crippen molar-refractivity contribution in [2.24, 2.45) is 0 Å². The molecular formula is C19H18Cl2N2O3. The molecule has 0 atom stereocenters. The smallest absolute Gasteiger partial charge is 0.262 e. The minimum Gasteiger partial charge on any atom is -0.482 e. The molecule has 2 amide bonds. The second kappa shape index (κ2) is 8.43. The lowest BCUT2D eigenvalue weighted by Crippen LogP contribution is -2.26. The molecule has 0 radical (unpaired) electrons. The van der Waals surface area contributed by atoms with Crippen LogP contribution in [0.5, 0.6) is 5.75 Å². The van der Waals surface area contributed by atoms with Crippen LogP contribution in [-0.2, 0) is 16.0 Å². The number of anilines is 1. The molecule has 2 aromatic rings. The van der Waals surface area contributed by atoms with Crippen LogP contribution in [0.4, 0.5) is 5.69 Å². The molecule has 0 saturated heterocycles. The van der Waals surface area contributed by atoms with Gasteiger partial charge in [-0.25, -0.2) is 0 Å². The van der Waals surface area contributed by atoms with Crippen LogP contribution in [-0.4, -0.2) is 24.5 Å². The first-order chi connectivity index (χ1) is 12.5. The zero-order valence-corrected chi connectivity index (χ0v) is 15.4. The van der Waals surface area contributed by atoms with E-state index >= 15 is 0 Å². The van der Waals surface area contributed by atoms with Gasteiger partial charge in [0.1, 0.15) is 5.75 Å². The van der Waals surface area contributed by atoms with Crippen LogP contribution < -0.4 is 15.4 Å². The van der Waals surface area contributed by atoms with Gasteiger partial charge in [-0.15, -0.1) is 0 Å². The summed E-state index contributed by atoms with van der Waals surface area (Å²) in [7, 11) is 0. The average Bonchev–Trinajstić information content (AvgIpc) is 3.39. The first-order valence-corrected chi connectivity index (χ1v) is 9.01. The molecule has 0 spiro atoms. The van der Waals surface area contributed by atoms with Gasteiger partial charge in [-0.1, -0.05) is 35.3 Å². The Kier molecular flexibility index (Phi) is 6.01. The van der Waals surface area contributed by atoms with Gasteiger partial charge in [0.2, 0.25) is 5.91 Å². The molecule has 1 aliphatic rings. The molecule has 0 bridgehead atoms. The maximum absolute atomic E-state index is 12.0. The third-order valence-corrected chi connectivity index (χ3v) is 4.33. The van der Waals surface area contributed by atoms with Crippen LogP contribution in [0.1, 0.15) is 18.4 Å². The topological polar surface area (TPSA) is 67.4 Å². The lowest BCUT2D eigenvalue weighted by molar-refractivity contribution is -0.120. The Bertz CT molecular complexity index is 805. The molecule has 2 aromatic carbocycles. The normalized spacial score (nSPS) is 13.2. The van der Waals surface area contributed by atoms with E-state index in [9.17, 15) is 9.59 Å². The largest absolute Gasteiger partial charge is 0.482 e. The number of amides is 2. The second-order valence-corrected chi connectivity index (χ2v) is 6.97. The number of halogens is 2. The van der Waals surface area contributed by atoms with Crippen molar-refractivity contribution in [1.82, 2.24) is 5.32 Å². The number of carbonyl (C=O) groups excluding carboxylic acids is 2. The summed E-state index contributed by atoms with van der Waals surface area (Å²) in [6, 6.07) is 12.3. The van der Waals surface area contributed by atoms with E-state index < -0.39 is 0 Å². The van der Waals surface area contributed by atoms with Gasteiger partial charge in [0.15, 0.2) is 6.61 Å². The first kappa shape index (κ1) is 18.5. The number of ether oxygens (including phenoxy) is 1. The SMILES string of the molecule is O=C(COc1ccc(Cl)cc1Cl)Nc1ccc(CC(=O)NC2CC2)cc1. The maximum atomic E-state index is 12.0. The highest BCUT2D eigenvalue weighted by Crippen LogP contribution is 2.27. The number of benzene rings is 2. The zero-order chi connectivity index (χ0) is 18.5. The van der Waals surface area contributed by atoms with Crippen LogP contribution in [0.3, 0.4) is 0 Å². The van der Waals surface area contributed by atoms with Crippen molar-refractivity contribution in [3.63, 3.8) is 0 Å². The number of carbonyl (C=O) groups is 2. The van der Waals surface area contributed by atoms with E-state index in [4.69, 9.17) is 27.9 Å². The Balaban J connectivity index is 1.46. The van der Waals surface area contributed by atoms with E-state index in [1.165, 1.54) is 0 Å². The Labute approximate surface area is 161 Å². The molecule has 0 heterocycles. The Morgan fingerprint density at radius 1 is 1.04 bits per heavy atom. The fourth-order valence-corrected chi connectivity index (χ4v) is 2.79. The highest BCUT2D eigenvalue weighted by molar-refractivity contribution is 6.35. The van der Waals surface area contributed by atoms with E-state index in [2.05, 4.69) is 10.6 Å². The van der Waals surface area contributed by atoms with Gasteiger partial charge in [-0.3, -0.25) is 9.59 Å². The van der Waals surface area contributed by atoms with Gasteiger partial charge >= 0.3 is 0 Å². The van der Waals surface area contributed by atoms with Gasteiger partial charge in [-0.2, -0.15) is 0 Å².